The maximum Gasteiger partial charge on any atom is 0.0208 e. The van der Waals surface area contributed by atoms with Crippen molar-refractivity contribution in [2.24, 2.45) is 5.92 Å². The van der Waals surface area contributed by atoms with Crippen molar-refractivity contribution >= 4 is 0 Å². The van der Waals surface area contributed by atoms with Crippen LogP contribution in [0, 0.1) is 19.8 Å². The average molecular weight is 205 g/mol. The van der Waals surface area contributed by atoms with Gasteiger partial charge >= 0.3 is 0 Å². The molecule has 0 radical (unpaired) electrons. The molecule has 1 rings (SSSR count). The minimum Gasteiger partial charge on any atom is -0.310 e. The first-order chi connectivity index (χ1) is 7.00. The van der Waals surface area contributed by atoms with Crippen LogP contribution in [0.15, 0.2) is 18.2 Å². The van der Waals surface area contributed by atoms with Crippen LogP contribution >= 0.6 is 0 Å². The molecule has 0 fully saturated rings. The van der Waals surface area contributed by atoms with Gasteiger partial charge in [0.2, 0.25) is 0 Å². The van der Waals surface area contributed by atoms with E-state index in [0.717, 1.165) is 6.54 Å². The number of benzene rings is 1. The molecule has 1 unspecified atom stereocenters. The Balaban J connectivity index is 2.55. The Labute approximate surface area is 93.9 Å². The zero-order valence-corrected chi connectivity index (χ0v) is 10.6. The average Bonchev–Trinajstić information content (AvgIpc) is 2.19. The third-order valence-electron chi connectivity index (χ3n) is 3.20. The molecule has 0 aliphatic carbocycles. The van der Waals surface area contributed by atoms with Gasteiger partial charge in [0.15, 0.2) is 0 Å². The highest BCUT2D eigenvalue weighted by atomic mass is 14.9. The molecule has 0 saturated heterocycles. The minimum absolute atomic E-state index is 0.576. The predicted octanol–water partition coefficient (Wildman–Crippen LogP) is 3.44. The maximum atomic E-state index is 3.55. The normalized spacial score (nSPS) is 13.2. The largest absolute Gasteiger partial charge is 0.310 e. The molecule has 0 heterocycles. The quantitative estimate of drug-likeness (QED) is 0.794. The van der Waals surface area contributed by atoms with Crippen molar-refractivity contribution in [3.63, 3.8) is 0 Å². The molecule has 1 aromatic rings. The van der Waals surface area contributed by atoms with Crippen molar-refractivity contribution < 1.29 is 0 Å². The van der Waals surface area contributed by atoms with Crippen LogP contribution in [0.4, 0.5) is 0 Å². The molecule has 1 atom stereocenters. The second-order valence-corrected chi connectivity index (χ2v) is 4.83. The molecule has 0 aliphatic heterocycles. The Kier molecular flexibility index (Phi) is 4.34. The molecule has 0 aromatic heterocycles. The SMILES string of the molecule is Cc1ccc(CNC(C)C(C)C)cc1C. The summed E-state index contributed by atoms with van der Waals surface area (Å²) in [4.78, 5) is 0. The van der Waals surface area contributed by atoms with Gasteiger partial charge < -0.3 is 5.32 Å². The summed E-state index contributed by atoms with van der Waals surface area (Å²) in [6, 6.07) is 7.26. The Morgan fingerprint density at radius 2 is 1.73 bits per heavy atom. The van der Waals surface area contributed by atoms with Gasteiger partial charge in [-0.3, -0.25) is 0 Å². The van der Waals surface area contributed by atoms with Gasteiger partial charge in [0.05, 0.1) is 0 Å². The first-order valence-corrected chi connectivity index (χ1v) is 5.80. The van der Waals surface area contributed by atoms with Crippen LogP contribution in [0.3, 0.4) is 0 Å². The number of rotatable bonds is 4. The number of hydrogen-bond donors (Lipinski definition) is 1. The molecule has 84 valence electrons. The highest BCUT2D eigenvalue weighted by Crippen LogP contribution is 2.10. The summed E-state index contributed by atoms with van der Waals surface area (Å²) in [5.41, 5.74) is 4.13. The van der Waals surface area contributed by atoms with Crippen molar-refractivity contribution in [2.75, 3.05) is 0 Å². The van der Waals surface area contributed by atoms with E-state index in [1.54, 1.807) is 0 Å². The Bertz CT molecular complexity index is 315. The van der Waals surface area contributed by atoms with E-state index in [2.05, 4.69) is 58.1 Å². The molecule has 15 heavy (non-hydrogen) atoms. The van der Waals surface area contributed by atoms with Crippen molar-refractivity contribution in [3.05, 3.63) is 34.9 Å². The number of aryl methyl sites for hydroxylation is 2. The second-order valence-electron chi connectivity index (χ2n) is 4.83. The standard InChI is InChI=1S/C14H23N/c1-10(2)13(5)15-9-14-7-6-11(3)12(4)8-14/h6-8,10,13,15H,9H2,1-5H3. The van der Waals surface area contributed by atoms with E-state index >= 15 is 0 Å². The van der Waals surface area contributed by atoms with Gasteiger partial charge in [-0.2, -0.15) is 0 Å². The molecule has 1 aromatic carbocycles. The van der Waals surface area contributed by atoms with Crippen LogP contribution < -0.4 is 5.32 Å². The van der Waals surface area contributed by atoms with E-state index in [1.165, 1.54) is 16.7 Å². The Hall–Kier alpha value is -0.820. The molecule has 0 bridgehead atoms. The lowest BCUT2D eigenvalue weighted by molar-refractivity contribution is 0.426. The van der Waals surface area contributed by atoms with Crippen molar-refractivity contribution in [1.82, 2.24) is 5.32 Å². The molecule has 1 N–H and O–H groups in total. The first kappa shape index (κ1) is 12.3. The summed E-state index contributed by atoms with van der Waals surface area (Å²) >= 11 is 0. The van der Waals surface area contributed by atoms with Gasteiger partial charge in [-0.15, -0.1) is 0 Å². The zero-order valence-electron chi connectivity index (χ0n) is 10.6. The fraction of sp³-hybridized carbons (Fsp3) is 0.571. The summed E-state index contributed by atoms with van der Waals surface area (Å²) < 4.78 is 0. The van der Waals surface area contributed by atoms with Gasteiger partial charge in [0, 0.05) is 12.6 Å². The highest BCUT2D eigenvalue weighted by Gasteiger charge is 2.05. The number of nitrogens with one attached hydrogen (secondary N) is 1. The maximum absolute atomic E-state index is 3.55. The van der Waals surface area contributed by atoms with Crippen molar-refractivity contribution in [3.8, 4) is 0 Å². The molecule has 1 heteroatoms. The third-order valence-corrected chi connectivity index (χ3v) is 3.20. The van der Waals surface area contributed by atoms with E-state index in [4.69, 9.17) is 0 Å². The van der Waals surface area contributed by atoms with E-state index in [-0.39, 0.29) is 0 Å². The van der Waals surface area contributed by atoms with Gasteiger partial charge in [-0.1, -0.05) is 32.0 Å². The fourth-order valence-electron chi connectivity index (χ4n) is 1.43. The van der Waals surface area contributed by atoms with Gasteiger partial charge in [-0.25, -0.2) is 0 Å². The smallest absolute Gasteiger partial charge is 0.0208 e. The molecule has 0 spiro atoms. The molecule has 0 aliphatic rings. The van der Waals surface area contributed by atoms with Crippen LogP contribution in [0.2, 0.25) is 0 Å². The predicted molar refractivity (Wildman–Crippen MR) is 67.1 cm³/mol. The van der Waals surface area contributed by atoms with Crippen LogP contribution in [0.1, 0.15) is 37.5 Å². The summed E-state index contributed by atoms with van der Waals surface area (Å²) in [6.07, 6.45) is 0. The van der Waals surface area contributed by atoms with E-state index in [9.17, 15) is 0 Å². The van der Waals surface area contributed by atoms with E-state index in [0.29, 0.717) is 12.0 Å². The molecule has 0 amide bonds. The second kappa shape index (κ2) is 5.32. The van der Waals surface area contributed by atoms with Crippen LogP contribution in [0.5, 0.6) is 0 Å². The lowest BCUT2D eigenvalue weighted by atomic mass is 10.0. The van der Waals surface area contributed by atoms with Crippen molar-refractivity contribution in [1.29, 1.82) is 0 Å². The Morgan fingerprint density at radius 1 is 1.07 bits per heavy atom. The summed E-state index contributed by atoms with van der Waals surface area (Å²) in [7, 11) is 0. The van der Waals surface area contributed by atoms with Crippen molar-refractivity contribution in [2.45, 2.75) is 47.2 Å². The third kappa shape index (κ3) is 3.67. The monoisotopic (exact) mass is 205 g/mol. The van der Waals surface area contributed by atoms with Gasteiger partial charge in [0.1, 0.15) is 0 Å². The minimum atomic E-state index is 0.576. The number of hydrogen-bond acceptors (Lipinski definition) is 1. The zero-order chi connectivity index (χ0) is 11.4. The lowest BCUT2D eigenvalue weighted by Gasteiger charge is -2.17. The summed E-state index contributed by atoms with van der Waals surface area (Å²) in [5.74, 6) is 0.691. The topological polar surface area (TPSA) is 12.0 Å². The van der Waals surface area contributed by atoms with Crippen LogP contribution in [-0.4, -0.2) is 6.04 Å². The van der Waals surface area contributed by atoms with Gasteiger partial charge in [0.25, 0.3) is 0 Å². The molecular weight excluding hydrogens is 182 g/mol. The first-order valence-electron chi connectivity index (χ1n) is 5.80. The highest BCUT2D eigenvalue weighted by molar-refractivity contribution is 5.29. The summed E-state index contributed by atoms with van der Waals surface area (Å²) in [6.45, 7) is 12.0. The molecular formula is C14H23N. The Morgan fingerprint density at radius 3 is 2.27 bits per heavy atom. The van der Waals surface area contributed by atoms with Crippen LogP contribution in [-0.2, 0) is 6.54 Å². The molecule has 0 saturated carbocycles. The fourth-order valence-corrected chi connectivity index (χ4v) is 1.43. The van der Waals surface area contributed by atoms with Gasteiger partial charge in [-0.05, 0) is 43.4 Å². The van der Waals surface area contributed by atoms with E-state index in [1.807, 2.05) is 0 Å². The van der Waals surface area contributed by atoms with E-state index < -0.39 is 0 Å². The molecule has 1 nitrogen and oxygen atoms in total. The lowest BCUT2D eigenvalue weighted by Crippen LogP contribution is -2.30. The summed E-state index contributed by atoms with van der Waals surface area (Å²) in [5, 5.41) is 3.55. The van der Waals surface area contributed by atoms with Crippen LogP contribution in [0.25, 0.3) is 0 Å².